The van der Waals surface area contributed by atoms with Gasteiger partial charge in [-0.2, -0.15) is 0 Å². The van der Waals surface area contributed by atoms with Gasteiger partial charge in [0.25, 0.3) is 0 Å². The van der Waals surface area contributed by atoms with Gasteiger partial charge in [0, 0.05) is 5.92 Å². The minimum absolute atomic E-state index is 0.0268. The molecule has 2 aromatic rings. The van der Waals surface area contributed by atoms with E-state index in [1.807, 2.05) is 0 Å². The second kappa shape index (κ2) is 8.28. The molecule has 0 saturated heterocycles. The number of phenols is 2. The highest BCUT2D eigenvalue weighted by Crippen LogP contribution is 2.32. The number of aliphatic hydroxyl groups excluding tert-OH is 5. The van der Waals surface area contributed by atoms with Crippen LogP contribution in [0.15, 0.2) is 48.5 Å². The van der Waals surface area contributed by atoms with Gasteiger partial charge in [-0.05, 0) is 35.4 Å². The standard InChI is InChI=1S/C18H22O7/c19-9-14(22)16(23)18(25)17(24)15(10-1-5-12(20)6-2-10)11-3-7-13(21)8-4-11/h1-8,14-25H,9H2/t14-,16-,17+,18+/m1/s1. The van der Waals surface area contributed by atoms with Gasteiger partial charge in [-0.25, -0.2) is 0 Å². The summed E-state index contributed by atoms with van der Waals surface area (Å²) in [6, 6.07) is 11.9. The molecule has 0 aliphatic rings. The van der Waals surface area contributed by atoms with E-state index in [0.29, 0.717) is 11.1 Å². The predicted octanol–water partition coefficient (Wildman–Crippen LogP) is -0.334. The average molecular weight is 350 g/mol. The van der Waals surface area contributed by atoms with Crippen molar-refractivity contribution in [1.29, 1.82) is 0 Å². The van der Waals surface area contributed by atoms with Crippen molar-refractivity contribution in [2.75, 3.05) is 6.61 Å². The number of aromatic hydroxyl groups is 2. The largest absolute Gasteiger partial charge is 0.508 e. The maximum atomic E-state index is 10.6. The smallest absolute Gasteiger partial charge is 0.115 e. The van der Waals surface area contributed by atoms with E-state index in [0.717, 1.165) is 0 Å². The van der Waals surface area contributed by atoms with Gasteiger partial charge in [0.2, 0.25) is 0 Å². The zero-order valence-electron chi connectivity index (χ0n) is 13.3. The van der Waals surface area contributed by atoms with Crippen LogP contribution in [0, 0.1) is 0 Å². The first-order chi connectivity index (χ1) is 11.8. The van der Waals surface area contributed by atoms with Crippen LogP contribution in [0.25, 0.3) is 0 Å². The van der Waals surface area contributed by atoms with Crippen molar-refractivity contribution >= 4 is 0 Å². The van der Waals surface area contributed by atoms with E-state index >= 15 is 0 Å². The Hall–Kier alpha value is -2.16. The maximum absolute atomic E-state index is 10.6. The second-order valence-corrected chi connectivity index (χ2v) is 5.88. The topological polar surface area (TPSA) is 142 Å². The lowest BCUT2D eigenvalue weighted by Crippen LogP contribution is -2.48. The van der Waals surface area contributed by atoms with Crippen molar-refractivity contribution in [2.45, 2.75) is 30.3 Å². The van der Waals surface area contributed by atoms with Gasteiger partial charge in [-0.1, -0.05) is 24.3 Å². The van der Waals surface area contributed by atoms with Gasteiger partial charge < -0.3 is 35.7 Å². The van der Waals surface area contributed by atoms with Crippen molar-refractivity contribution in [1.82, 2.24) is 0 Å². The van der Waals surface area contributed by atoms with Crippen LogP contribution in [-0.4, -0.2) is 66.8 Å². The van der Waals surface area contributed by atoms with Crippen molar-refractivity contribution in [3.8, 4) is 11.5 Å². The molecular formula is C18H22O7. The van der Waals surface area contributed by atoms with Gasteiger partial charge in [0.1, 0.15) is 29.8 Å². The molecule has 25 heavy (non-hydrogen) atoms. The minimum atomic E-state index is -1.75. The Bertz CT molecular complexity index is 611. The molecule has 7 N–H and O–H groups in total. The van der Waals surface area contributed by atoms with Gasteiger partial charge in [-0.15, -0.1) is 0 Å². The van der Waals surface area contributed by atoms with Crippen LogP contribution in [0.5, 0.6) is 11.5 Å². The van der Waals surface area contributed by atoms with Crippen molar-refractivity contribution in [3.63, 3.8) is 0 Å². The molecule has 0 unspecified atom stereocenters. The Morgan fingerprint density at radius 3 is 1.36 bits per heavy atom. The summed E-state index contributed by atoms with van der Waals surface area (Å²) in [5.74, 6) is -0.755. The number of rotatable bonds is 7. The highest BCUT2D eigenvalue weighted by molar-refractivity contribution is 5.39. The predicted molar refractivity (Wildman–Crippen MR) is 89.2 cm³/mol. The Balaban J connectivity index is 2.40. The Morgan fingerprint density at radius 2 is 1.00 bits per heavy atom. The third-order valence-electron chi connectivity index (χ3n) is 4.13. The third kappa shape index (κ3) is 4.47. The van der Waals surface area contributed by atoms with Gasteiger partial charge in [0.15, 0.2) is 0 Å². The molecule has 0 aliphatic heterocycles. The van der Waals surface area contributed by atoms with Gasteiger partial charge in [-0.3, -0.25) is 0 Å². The average Bonchev–Trinajstić information content (AvgIpc) is 2.63. The Morgan fingerprint density at radius 1 is 0.600 bits per heavy atom. The summed E-state index contributed by atoms with van der Waals surface area (Å²) < 4.78 is 0. The fourth-order valence-electron chi connectivity index (χ4n) is 2.68. The zero-order chi connectivity index (χ0) is 18.6. The van der Waals surface area contributed by atoms with Crippen LogP contribution in [0.3, 0.4) is 0 Å². The number of hydrogen-bond acceptors (Lipinski definition) is 7. The molecule has 0 radical (unpaired) electrons. The third-order valence-corrected chi connectivity index (χ3v) is 4.13. The van der Waals surface area contributed by atoms with Crippen molar-refractivity contribution < 1.29 is 35.7 Å². The summed E-state index contributed by atoms with van der Waals surface area (Å²) in [6.07, 6.45) is -6.62. The molecule has 2 rings (SSSR count). The van der Waals surface area contributed by atoms with Crippen LogP contribution in [0.1, 0.15) is 17.0 Å². The lowest BCUT2D eigenvalue weighted by molar-refractivity contribution is -0.117. The van der Waals surface area contributed by atoms with E-state index in [1.54, 1.807) is 24.3 Å². The summed E-state index contributed by atoms with van der Waals surface area (Å²) in [5, 5.41) is 68.0. The first kappa shape index (κ1) is 19.2. The van der Waals surface area contributed by atoms with E-state index < -0.39 is 36.9 Å². The normalized spacial score (nSPS) is 16.4. The van der Waals surface area contributed by atoms with Crippen molar-refractivity contribution in [2.24, 2.45) is 0 Å². The molecule has 0 spiro atoms. The molecular weight excluding hydrogens is 328 g/mol. The SMILES string of the molecule is OC[C@@H](O)[C@@H](O)[C@H](O)[C@@H](O)C(c1ccc(O)cc1)c1ccc(O)cc1. The number of hydrogen-bond donors (Lipinski definition) is 7. The maximum Gasteiger partial charge on any atom is 0.115 e. The molecule has 0 aliphatic carbocycles. The zero-order valence-corrected chi connectivity index (χ0v) is 13.3. The lowest BCUT2D eigenvalue weighted by Gasteiger charge is -2.31. The molecule has 0 heterocycles. The summed E-state index contributed by atoms with van der Waals surface area (Å²) in [7, 11) is 0. The van der Waals surface area contributed by atoms with Crippen LogP contribution in [-0.2, 0) is 0 Å². The molecule has 0 aromatic heterocycles. The minimum Gasteiger partial charge on any atom is -0.508 e. The van der Waals surface area contributed by atoms with E-state index in [9.17, 15) is 30.6 Å². The molecule has 2 aromatic carbocycles. The number of aliphatic hydroxyl groups is 5. The fourth-order valence-corrected chi connectivity index (χ4v) is 2.68. The highest BCUT2D eigenvalue weighted by atomic mass is 16.4. The van der Waals surface area contributed by atoms with Gasteiger partial charge >= 0.3 is 0 Å². The highest BCUT2D eigenvalue weighted by Gasteiger charge is 2.36. The van der Waals surface area contributed by atoms with Crippen LogP contribution >= 0.6 is 0 Å². The first-order valence-corrected chi connectivity index (χ1v) is 7.76. The van der Waals surface area contributed by atoms with Crippen LogP contribution < -0.4 is 0 Å². The first-order valence-electron chi connectivity index (χ1n) is 7.76. The van der Waals surface area contributed by atoms with Crippen molar-refractivity contribution in [3.05, 3.63) is 59.7 Å². The number of phenolic OH excluding ortho intramolecular Hbond substituents is 2. The van der Waals surface area contributed by atoms with Crippen LogP contribution in [0.2, 0.25) is 0 Å². The molecule has 4 atom stereocenters. The summed E-state index contributed by atoms with van der Waals surface area (Å²) in [5.41, 5.74) is 1.08. The summed E-state index contributed by atoms with van der Waals surface area (Å²) in [6.45, 7) is -0.770. The summed E-state index contributed by atoms with van der Waals surface area (Å²) in [4.78, 5) is 0. The summed E-state index contributed by atoms with van der Waals surface area (Å²) >= 11 is 0. The molecule has 7 heteroatoms. The van der Waals surface area contributed by atoms with E-state index in [-0.39, 0.29) is 11.5 Å². The fraction of sp³-hybridized carbons (Fsp3) is 0.333. The Kier molecular flexibility index (Phi) is 6.35. The number of benzene rings is 2. The monoisotopic (exact) mass is 350 g/mol. The lowest BCUT2D eigenvalue weighted by atomic mass is 9.82. The Labute approximate surface area is 144 Å². The molecule has 0 bridgehead atoms. The molecule has 136 valence electrons. The van der Waals surface area contributed by atoms with E-state index in [1.165, 1.54) is 24.3 Å². The van der Waals surface area contributed by atoms with Gasteiger partial charge in [0.05, 0.1) is 12.7 Å². The molecule has 7 nitrogen and oxygen atoms in total. The van der Waals surface area contributed by atoms with Crippen LogP contribution in [0.4, 0.5) is 0 Å². The van der Waals surface area contributed by atoms with E-state index in [2.05, 4.69) is 0 Å². The van der Waals surface area contributed by atoms with E-state index in [4.69, 9.17) is 5.11 Å². The molecule has 0 fully saturated rings. The second-order valence-electron chi connectivity index (χ2n) is 5.88. The molecule has 0 saturated carbocycles. The molecule has 0 amide bonds. The quantitative estimate of drug-likeness (QED) is 0.362.